The Hall–Kier alpha value is -1.69. The predicted octanol–water partition coefficient (Wildman–Crippen LogP) is 1.80. The summed E-state index contributed by atoms with van der Waals surface area (Å²) >= 11 is 1.33. The first-order valence-corrected chi connectivity index (χ1v) is 5.71. The molecule has 5 nitrogen and oxygen atoms in total. The van der Waals surface area contributed by atoms with Gasteiger partial charge in [0.15, 0.2) is 5.69 Å². The van der Waals surface area contributed by atoms with Crippen LogP contribution in [0.2, 0.25) is 0 Å². The smallest absolute Gasteiger partial charge is 0.355 e. The van der Waals surface area contributed by atoms with Gasteiger partial charge in [0.1, 0.15) is 5.01 Å². The second kappa shape index (κ2) is 4.05. The Labute approximate surface area is 96.4 Å². The number of carbonyl (C=O) groups is 1. The van der Waals surface area contributed by atoms with Crippen LogP contribution in [0.15, 0.2) is 11.6 Å². The van der Waals surface area contributed by atoms with Crippen molar-refractivity contribution in [3.63, 3.8) is 0 Å². The molecule has 0 unspecified atom stereocenters. The van der Waals surface area contributed by atoms with E-state index in [-0.39, 0.29) is 5.69 Å². The van der Waals surface area contributed by atoms with Gasteiger partial charge in [0.2, 0.25) is 0 Å². The number of aryl methyl sites for hydroxylation is 2. The number of carboxylic acid groups (broad SMARTS) is 1. The summed E-state index contributed by atoms with van der Waals surface area (Å²) in [6, 6.07) is 0. The van der Waals surface area contributed by atoms with Crippen molar-refractivity contribution in [1.29, 1.82) is 0 Å². The Bertz CT molecular complexity index is 530. The minimum Gasteiger partial charge on any atom is -0.476 e. The Morgan fingerprint density at radius 2 is 2.38 bits per heavy atom. The van der Waals surface area contributed by atoms with E-state index in [9.17, 15) is 4.79 Å². The average Bonchev–Trinajstić information content (AvgIpc) is 2.82. The maximum Gasteiger partial charge on any atom is 0.355 e. The molecule has 2 aromatic heterocycles. The third-order valence-electron chi connectivity index (χ3n) is 2.19. The van der Waals surface area contributed by atoms with Crippen molar-refractivity contribution < 1.29 is 9.90 Å². The summed E-state index contributed by atoms with van der Waals surface area (Å²) < 4.78 is 1.72. The lowest BCUT2D eigenvalue weighted by Gasteiger charge is -1.92. The highest BCUT2D eigenvalue weighted by Gasteiger charge is 2.14. The Kier molecular flexibility index (Phi) is 2.74. The molecule has 0 saturated carbocycles. The lowest BCUT2D eigenvalue weighted by molar-refractivity contribution is 0.0691. The van der Waals surface area contributed by atoms with Crippen LogP contribution < -0.4 is 0 Å². The lowest BCUT2D eigenvalue weighted by Crippen LogP contribution is -1.95. The molecule has 0 aromatic carbocycles. The summed E-state index contributed by atoms with van der Waals surface area (Å²) in [6.07, 6.45) is 2.67. The third-order valence-corrected chi connectivity index (χ3v) is 3.07. The van der Waals surface area contributed by atoms with Crippen molar-refractivity contribution in [2.45, 2.75) is 13.3 Å². The molecule has 0 saturated heterocycles. The summed E-state index contributed by atoms with van der Waals surface area (Å²) in [5, 5.41) is 15.4. The molecule has 1 N–H and O–H groups in total. The molecule has 6 heteroatoms. The topological polar surface area (TPSA) is 68.0 Å². The molecule has 2 heterocycles. The average molecular weight is 237 g/mol. The van der Waals surface area contributed by atoms with Crippen molar-refractivity contribution in [3.8, 4) is 10.6 Å². The van der Waals surface area contributed by atoms with E-state index in [4.69, 9.17) is 5.11 Å². The van der Waals surface area contributed by atoms with Crippen molar-refractivity contribution in [3.05, 3.63) is 23.0 Å². The number of aromatic carboxylic acids is 1. The first-order chi connectivity index (χ1) is 7.61. The molecule has 0 radical (unpaired) electrons. The summed E-state index contributed by atoms with van der Waals surface area (Å²) in [7, 11) is 1.84. The van der Waals surface area contributed by atoms with Gasteiger partial charge < -0.3 is 5.11 Å². The Morgan fingerprint density at radius 3 is 2.94 bits per heavy atom. The molecule has 16 heavy (non-hydrogen) atoms. The van der Waals surface area contributed by atoms with Gasteiger partial charge in [-0.3, -0.25) is 4.68 Å². The number of aromatic nitrogens is 3. The fourth-order valence-electron chi connectivity index (χ4n) is 1.47. The molecular formula is C10H11N3O2S. The van der Waals surface area contributed by atoms with Gasteiger partial charge in [-0.25, -0.2) is 9.78 Å². The van der Waals surface area contributed by atoms with Gasteiger partial charge in [0.25, 0.3) is 0 Å². The summed E-state index contributed by atoms with van der Waals surface area (Å²) in [6.45, 7) is 2.01. The van der Waals surface area contributed by atoms with E-state index in [1.54, 1.807) is 10.1 Å². The number of hydrogen-bond acceptors (Lipinski definition) is 4. The lowest BCUT2D eigenvalue weighted by atomic mass is 10.2. The SMILES string of the molecule is CCc1nn(C)cc1-c1nc(C(=O)O)cs1. The van der Waals surface area contributed by atoms with Crippen LogP contribution in [0.25, 0.3) is 10.6 Å². The minimum atomic E-state index is -0.996. The number of rotatable bonds is 3. The van der Waals surface area contributed by atoms with Gasteiger partial charge in [0.05, 0.1) is 11.3 Å². The maximum atomic E-state index is 10.7. The molecule has 0 aliphatic rings. The van der Waals surface area contributed by atoms with Gasteiger partial charge >= 0.3 is 5.97 Å². The highest BCUT2D eigenvalue weighted by atomic mass is 32.1. The maximum absolute atomic E-state index is 10.7. The predicted molar refractivity (Wildman–Crippen MR) is 60.7 cm³/mol. The molecule has 2 rings (SSSR count). The zero-order valence-corrected chi connectivity index (χ0v) is 9.78. The molecule has 0 atom stereocenters. The molecule has 0 spiro atoms. The Balaban J connectivity index is 2.45. The van der Waals surface area contributed by atoms with E-state index in [1.165, 1.54) is 11.3 Å². The number of nitrogens with zero attached hydrogens (tertiary/aromatic N) is 3. The molecule has 0 aliphatic carbocycles. The van der Waals surface area contributed by atoms with Crippen LogP contribution in [-0.2, 0) is 13.5 Å². The zero-order chi connectivity index (χ0) is 11.7. The molecular weight excluding hydrogens is 226 g/mol. The number of thiazole rings is 1. The van der Waals surface area contributed by atoms with E-state index >= 15 is 0 Å². The highest BCUT2D eigenvalue weighted by Crippen LogP contribution is 2.26. The van der Waals surface area contributed by atoms with E-state index in [0.717, 1.165) is 17.7 Å². The summed E-state index contributed by atoms with van der Waals surface area (Å²) in [5.74, 6) is -0.996. The van der Waals surface area contributed by atoms with E-state index < -0.39 is 5.97 Å². The fourth-order valence-corrected chi connectivity index (χ4v) is 2.30. The summed E-state index contributed by atoms with van der Waals surface area (Å²) in [4.78, 5) is 14.8. The van der Waals surface area contributed by atoms with Crippen molar-refractivity contribution in [1.82, 2.24) is 14.8 Å². The monoisotopic (exact) mass is 237 g/mol. The molecule has 0 aliphatic heterocycles. The largest absolute Gasteiger partial charge is 0.476 e. The van der Waals surface area contributed by atoms with E-state index in [1.807, 2.05) is 20.2 Å². The van der Waals surface area contributed by atoms with E-state index in [0.29, 0.717) is 5.01 Å². The third kappa shape index (κ3) is 1.83. The van der Waals surface area contributed by atoms with Crippen molar-refractivity contribution in [2.24, 2.45) is 7.05 Å². The van der Waals surface area contributed by atoms with Crippen LogP contribution in [0, 0.1) is 0 Å². The first-order valence-electron chi connectivity index (χ1n) is 4.83. The van der Waals surface area contributed by atoms with Crippen LogP contribution in [0.4, 0.5) is 0 Å². The minimum absolute atomic E-state index is 0.0888. The fraction of sp³-hybridized carbons (Fsp3) is 0.300. The second-order valence-electron chi connectivity index (χ2n) is 3.36. The van der Waals surface area contributed by atoms with Crippen LogP contribution in [0.3, 0.4) is 0 Å². The molecule has 0 fully saturated rings. The number of hydrogen-bond donors (Lipinski definition) is 1. The number of carboxylic acids is 1. The van der Waals surface area contributed by atoms with Gasteiger partial charge in [-0.05, 0) is 6.42 Å². The molecule has 2 aromatic rings. The molecule has 0 bridgehead atoms. The van der Waals surface area contributed by atoms with Crippen LogP contribution in [0.5, 0.6) is 0 Å². The Morgan fingerprint density at radius 1 is 1.62 bits per heavy atom. The van der Waals surface area contributed by atoms with Crippen LogP contribution in [0.1, 0.15) is 23.1 Å². The molecule has 84 valence electrons. The zero-order valence-electron chi connectivity index (χ0n) is 8.97. The highest BCUT2D eigenvalue weighted by molar-refractivity contribution is 7.13. The van der Waals surface area contributed by atoms with Crippen molar-refractivity contribution in [2.75, 3.05) is 0 Å². The van der Waals surface area contributed by atoms with Gasteiger partial charge in [-0.15, -0.1) is 11.3 Å². The second-order valence-corrected chi connectivity index (χ2v) is 4.22. The van der Waals surface area contributed by atoms with Gasteiger partial charge in [0, 0.05) is 18.6 Å². The van der Waals surface area contributed by atoms with E-state index in [2.05, 4.69) is 10.1 Å². The molecule has 0 amide bonds. The standard InChI is InChI=1S/C10H11N3O2S/c1-3-7-6(4-13(2)12-7)9-11-8(5-16-9)10(14)15/h4-5H,3H2,1-2H3,(H,14,15). The van der Waals surface area contributed by atoms with Gasteiger partial charge in [-0.2, -0.15) is 5.10 Å². The quantitative estimate of drug-likeness (QED) is 0.883. The van der Waals surface area contributed by atoms with Crippen LogP contribution >= 0.6 is 11.3 Å². The van der Waals surface area contributed by atoms with Crippen molar-refractivity contribution >= 4 is 17.3 Å². The van der Waals surface area contributed by atoms with Crippen LogP contribution in [-0.4, -0.2) is 25.8 Å². The summed E-state index contributed by atoms with van der Waals surface area (Å²) in [5.41, 5.74) is 1.95. The van der Waals surface area contributed by atoms with Gasteiger partial charge in [-0.1, -0.05) is 6.92 Å². The normalized spacial score (nSPS) is 10.6. The first kappa shape index (κ1) is 10.8.